The molecule has 0 spiro atoms. The topological polar surface area (TPSA) is 55.1 Å². The lowest BCUT2D eigenvalue weighted by atomic mass is 10.3. The van der Waals surface area contributed by atoms with Gasteiger partial charge >= 0.3 is 0 Å². The van der Waals surface area contributed by atoms with Gasteiger partial charge in [-0.2, -0.15) is 0 Å². The van der Waals surface area contributed by atoms with Gasteiger partial charge in [-0.25, -0.2) is 0 Å². The number of nitrogens with one attached hydrogen (secondary N) is 1. The minimum Gasteiger partial charge on any atom is -0.399 e. The number of nitrogens with two attached hydrogens (primary N) is 1. The Morgan fingerprint density at radius 2 is 1.85 bits per heavy atom. The second-order valence-electron chi connectivity index (χ2n) is 1.91. The maximum atomic E-state index is 9.89. The quantitative estimate of drug-likeness (QED) is 0.444. The molecule has 3 N–H and O–H groups in total. The molecular formula is C9H14N2OS. The molecule has 0 atom stereocenters. The minimum atomic E-state index is 0.640. The average molecular weight is 198 g/mol. The Labute approximate surface area is 82.8 Å². The number of carbonyl (C=O) groups is 1. The van der Waals surface area contributed by atoms with Gasteiger partial charge in [0.05, 0.1) is 0 Å². The van der Waals surface area contributed by atoms with Gasteiger partial charge in [-0.15, -0.1) is 0 Å². The second-order valence-corrected chi connectivity index (χ2v) is 2.82. The highest BCUT2D eigenvalue weighted by molar-refractivity contribution is 7.97. The van der Waals surface area contributed by atoms with E-state index < -0.39 is 0 Å². The number of hydrogen-bond acceptors (Lipinski definition) is 3. The molecule has 0 bridgehead atoms. The van der Waals surface area contributed by atoms with Crippen molar-refractivity contribution >= 4 is 24.0 Å². The number of anilines is 1. The number of rotatable bonds is 3. The van der Waals surface area contributed by atoms with E-state index in [0.717, 1.165) is 10.6 Å². The summed E-state index contributed by atoms with van der Waals surface area (Å²) < 4.78 is 2.48. The van der Waals surface area contributed by atoms with Crippen molar-refractivity contribution in [2.45, 2.75) is 18.7 Å². The summed E-state index contributed by atoms with van der Waals surface area (Å²) in [5.74, 6) is 0. The van der Waals surface area contributed by atoms with Gasteiger partial charge in [0, 0.05) is 10.6 Å². The maximum absolute atomic E-state index is 9.89. The van der Waals surface area contributed by atoms with E-state index >= 15 is 0 Å². The SMILES string of the molecule is CC.Nc1ccc(SNC=O)cc1. The van der Waals surface area contributed by atoms with Crippen molar-refractivity contribution in [2.75, 3.05) is 5.73 Å². The zero-order valence-electron chi connectivity index (χ0n) is 7.78. The molecular weight excluding hydrogens is 184 g/mol. The monoisotopic (exact) mass is 198 g/mol. The standard InChI is InChI=1S/C7H8N2OS.C2H6/c8-6-1-3-7(4-2-6)11-9-5-10;1-2/h1-5H,8H2,(H,9,10);1-2H3. The molecule has 3 nitrogen and oxygen atoms in total. The fourth-order valence-electron chi connectivity index (χ4n) is 0.628. The Bertz CT molecular complexity index is 236. The summed E-state index contributed by atoms with van der Waals surface area (Å²) in [6.45, 7) is 4.00. The fraction of sp³-hybridized carbons (Fsp3) is 0.222. The van der Waals surface area contributed by atoms with Gasteiger partial charge in [-0.05, 0) is 36.2 Å². The fourth-order valence-corrected chi connectivity index (χ4v) is 1.08. The number of hydrogen-bond donors (Lipinski definition) is 2. The second kappa shape index (κ2) is 7.49. The molecule has 72 valence electrons. The van der Waals surface area contributed by atoms with E-state index in [4.69, 9.17) is 5.73 Å². The van der Waals surface area contributed by atoms with Crippen LogP contribution in [0, 0.1) is 0 Å². The molecule has 0 aliphatic rings. The van der Waals surface area contributed by atoms with E-state index in [2.05, 4.69) is 4.72 Å². The van der Waals surface area contributed by atoms with E-state index in [1.165, 1.54) is 11.9 Å². The first kappa shape index (κ1) is 11.8. The van der Waals surface area contributed by atoms with Crippen LogP contribution < -0.4 is 10.5 Å². The summed E-state index contributed by atoms with van der Waals surface area (Å²) in [7, 11) is 0. The van der Waals surface area contributed by atoms with Crippen LogP contribution in [-0.4, -0.2) is 6.41 Å². The van der Waals surface area contributed by atoms with Crippen LogP contribution in [0.4, 0.5) is 5.69 Å². The van der Waals surface area contributed by atoms with E-state index in [0.29, 0.717) is 6.41 Å². The molecule has 0 aromatic heterocycles. The van der Waals surface area contributed by atoms with Crippen molar-refractivity contribution < 1.29 is 4.79 Å². The average Bonchev–Trinajstić information content (AvgIpc) is 2.20. The normalized spacial score (nSPS) is 8.15. The molecule has 1 aromatic rings. The Hall–Kier alpha value is -1.16. The van der Waals surface area contributed by atoms with Crippen LogP contribution in [0.15, 0.2) is 29.2 Å². The molecule has 1 amide bonds. The van der Waals surface area contributed by atoms with Gasteiger partial charge in [0.25, 0.3) is 0 Å². The first-order valence-corrected chi connectivity index (χ1v) is 4.86. The minimum absolute atomic E-state index is 0.640. The van der Waals surface area contributed by atoms with Gasteiger partial charge in [0.15, 0.2) is 0 Å². The van der Waals surface area contributed by atoms with Crippen LogP contribution in [-0.2, 0) is 4.79 Å². The smallest absolute Gasteiger partial charge is 0.217 e. The third-order valence-corrected chi connectivity index (χ3v) is 1.83. The molecule has 13 heavy (non-hydrogen) atoms. The van der Waals surface area contributed by atoms with Crippen LogP contribution in [0.3, 0.4) is 0 Å². The molecule has 0 radical (unpaired) electrons. The number of amides is 1. The van der Waals surface area contributed by atoms with Crippen molar-refractivity contribution in [3.8, 4) is 0 Å². The Morgan fingerprint density at radius 1 is 1.31 bits per heavy atom. The van der Waals surface area contributed by atoms with Gasteiger partial charge in [0.2, 0.25) is 6.41 Å². The summed E-state index contributed by atoms with van der Waals surface area (Å²) in [6, 6.07) is 7.26. The van der Waals surface area contributed by atoms with Crippen molar-refractivity contribution in [1.29, 1.82) is 0 Å². The number of benzene rings is 1. The first-order valence-electron chi connectivity index (χ1n) is 4.04. The lowest BCUT2D eigenvalue weighted by Gasteiger charge is -1.97. The highest BCUT2D eigenvalue weighted by Gasteiger charge is 1.90. The summed E-state index contributed by atoms with van der Waals surface area (Å²) >= 11 is 1.26. The Balaban J connectivity index is 0.000000671. The van der Waals surface area contributed by atoms with E-state index in [9.17, 15) is 4.79 Å². The lowest BCUT2D eigenvalue weighted by Crippen LogP contribution is -1.96. The summed E-state index contributed by atoms with van der Waals surface area (Å²) in [5, 5.41) is 0. The Morgan fingerprint density at radius 3 is 2.31 bits per heavy atom. The molecule has 0 saturated heterocycles. The predicted octanol–water partition coefficient (Wildman–Crippen LogP) is 2.05. The summed E-state index contributed by atoms with van der Waals surface area (Å²) in [5.41, 5.74) is 6.18. The van der Waals surface area contributed by atoms with E-state index in [1.807, 2.05) is 26.0 Å². The predicted molar refractivity (Wildman–Crippen MR) is 57.3 cm³/mol. The van der Waals surface area contributed by atoms with Gasteiger partial charge in [0.1, 0.15) is 0 Å². The van der Waals surface area contributed by atoms with Crippen molar-refractivity contribution in [3.63, 3.8) is 0 Å². The largest absolute Gasteiger partial charge is 0.399 e. The number of nitrogen functional groups attached to an aromatic ring is 1. The summed E-state index contributed by atoms with van der Waals surface area (Å²) in [4.78, 5) is 10.9. The highest BCUT2D eigenvalue weighted by Crippen LogP contribution is 2.14. The zero-order chi connectivity index (χ0) is 10.1. The van der Waals surface area contributed by atoms with Crippen LogP contribution in [0.5, 0.6) is 0 Å². The molecule has 0 unspecified atom stereocenters. The van der Waals surface area contributed by atoms with Crippen LogP contribution in [0.2, 0.25) is 0 Å². The molecule has 0 fully saturated rings. The molecule has 1 aromatic carbocycles. The van der Waals surface area contributed by atoms with E-state index in [-0.39, 0.29) is 0 Å². The molecule has 0 aliphatic heterocycles. The van der Waals surface area contributed by atoms with Crippen LogP contribution in [0.1, 0.15) is 13.8 Å². The van der Waals surface area contributed by atoms with Gasteiger partial charge < -0.3 is 5.73 Å². The maximum Gasteiger partial charge on any atom is 0.217 e. The molecule has 0 aliphatic carbocycles. The van der Waals surface area contributed by atoms with Crippen LogP contribution in [0.25, 0.3) is 0 Å². The highest BCUT2D eigenvalue weighted by atomic mass is 32.2. The van der Waals surface area contributed by atoms with Gasteiger partial charge in [-0.3, -0.25) is 9.52 Å². The van der Waals surface area contributed by atoms with E-state index in [1.54, 1.807) is 12.1 Å². The lowest BCUT2D eigenvalue weighted by molar-refractivity contribution is -0.107. The van der Waals surface area contributed by atoms with Gasteiger partial charge in [-0.1, -0.05) is 13.8 Å². The third kappa shape index (κ3) is 5.14. The number of carbonyl (C=O) groups excluding carboxylic acids is 1. The van der Waals surface area contributed by atoms with Crippen molar-refractivity contribution in [1.82, 2.24) is 4.72 Å². The third-order valence-electron chi connectivity index (χ3n) is 1.10. The van der Waals surface area contributed by atoms with Crippen molar-refractivity contribution in [3.05, 3.63) is 24.3 Å². The molecule has 4 heteroatoms. The summed E-state index contributed by atoms with van der Waals surface area (Å²) in [6.07, 6.45) is 0.640. The molecule has 0 saturated carbocycles. The zero-order valence-corrected chi connectivity index (χ0v) is 8.60. The van der Waals surface area contributed by atoms with Crippen LogP contribution >= 0.6 is 11.9 Å². The van der Waals surface area contributed by atoms with Crippen molar-refractivity contribution in [2.24, 2.45) is 0 Å². The first-order chi connectivity index (χ1) is 6.33. The Kier molecular flexibility index (Phi) is 6.82. The molecule has 0 heterocycles. The molecule has 1 rings (SSSR count).